The third kappa shape index (κ3) is 4.70. The molecule has 4 aromatic rings. The summed E-state index contributed by atoms with van der Waals surface area (Å²) in [6, 6.07) is 6.62. The van der Waals surface area contributed by atoms with Gasteiger partial charge in [-0.1, -0.05) is 19.6 Å². The lowest BCUT2D eigenvalue weighted by atomic mass is 9.99. The van der Waals surface area contributed by atoms with Gasteiger partial charge in [0.05, 0.1) is 17.8 Å². The standard InChI is InChI=1S/C25H29F2N7O3Si/c1-32-12-17(18(10-28)30-32)19-16-6-5-7-29-24(16)33(14-36-8-9-38(2,3)4)22(19)20-21(23(26)27)31-34-11-15(35)13-37-25(20)34/h5-7,12,15,23,35H,8-9,11,13-14H2,1-4H3/t15-/m0/s1. The average Bonchev–Trinajstić information content (AvgIpc) is 3.51. The third-order valence-electron chi connectivity index (χ3n) is 6.41. The van der Waals surface area contributed by atoms with E-state index in [4.69, 9.17) is 9.47 Å². The lowest BCUT2D eigenvalue weighted by molar-refractivity contribution is 0.0555. The minimum absolute atomic E-state index is 0.0198. The molecule has 1 aliphatic heterocycles. The molecule has 1 N–H and O–H groups in total. The Morgan fingerprint density at radius 3 is 2.79 bits per heavy atom. The van der Waals surface area contributed by atoms with Gasteiger partial charge in [-0.3, -0.25) is 4.68 Å². The minimum atomic E-state index is -2.92. The molecule has 10 nitrogen and oxygen atoms in total. The molecule has 1 aliphatic rings. The predicted molar refractivity (Wildman–Crippen MR) is 138 cm³/mol. The normalized spacial score (nSPS) is 15.6. The molecule has 0 amide bonds. The second kappa shape index (κ2) is 9.94. The Morgan fingerprint density at radius 2 is 2.08 bits per heavy atom. The van der Waals surface area contributed by atoms with E-state index in [1.54, 1.807) is 30.1 Å². The SMILES string of the molecule is Cn1cc(-c2c(-c3c(C(F)F)nn4c3OC[C@@H](O)C4)n(COCC[Si](C)(C)C)c3ncccc23)c(C#N)n1. The van der Waals surface area contributed by atoms with E-state index in [-0.39, 0.29) is 37.0 Å². The van der Waals surface area contributed by atoms with Crippen molar-refractivity contribution in [1.29, 1.82) is 5.26 Å². The zero-order valence-electron chi connectivity index (χ0n) is 21.6. The number of aromatic nitrogens is 6. The van der Waals surface area contributed by atoms with Crippen LogP contribution < -0.4 is 4.74 Å². The number of pyridine rings is 1. The molecule has 0 spiro atoms. The molecule has 4 aromatic heterocycles. The summed E-state index contributed by atoms with van der Waals surface area (Å²) in [4.78, 5) is 4.57. The van der Waals surface area contributed by atoms with Crippen LogP contribution in [0.15, 0.2) is 24.5 Å². The zero-order chi connectivity index (χ0) is 27.2. The quantitative estimate of drug-likeness (QED) is 0.263. The predicted octanol–water partition coefficient (Wildman–Crippen LogP) is 4.18. The van der Waals surface area contributed by atoms with E-state index in [9.17, 15) is 19.1 Å². The molecule has 0 bridgehead atoms. The van der Waals surface area contributed by atoms with Crippen molar-refractivity contribution in [1.82, 2.24) is 29.1 Å². The van der Waals surface area contributed by atoms with Crippen molar-refractivity contribution >= 4 is 19.1 Å². The van der Waals surface area contributed by atoms with Gasteiger partial charge in [-0.15, -0.1) is 0 Å². The summed E-state index contributed by atoms with van der Waals surface area (Å²) in [5, 5.41) is 29.0. The van der Waals surface area contributed by atoms with Gasteiger partial charge in [0.1, 0.15) is 36.9 Å². The molecule has 13 heteroatoms. The second-order valence-corrected chi connectivity index (χ2v) is 16.2. The van der Waals surface area contributed by atoms with Gasteiger partial charge in [0.25, 0.3) is 6.43 Å². The molecular weight excluding hydrogens is 512 g/mol. The van der Waals surface area contributed by atoms with Gasteiger partial charge < -0.3 is 19.1 Å². The third-order valence-corrected chi connectivity index (χ3v) is 8.12. The van der Waals surface area contributed by atoms with E-state index in [1.165, 1.54) is 9.36 Å². The largest absolute Gasteiger partial charge is 0.475 e. The fourth-order valence-electron chi connectivity index (χ4n) is 4.66. The highest BCUT2D eigenvalue weighted by Crippen LogP contribution is 2.48. The summed E-state index contributed by atoms with van der Waals surface area (Å²) in [6.45, 7) is 7.26. The Labute approximate surface area is 219 Å². The van der Waals surface area contributed by atoms with Crippen molar-refractivity contribution < 1.29 is 23.4 Å². The van der Waals surface area contributed by atoms with E-state index in [0.717, 1.165) is 6.04 Å². The first-order valence-electron chi connectivity index (χ1n) is 12.3. The number of nitriles is 1. The van der Waals surface area contributed by atoms with Crippen molar-refractivity contribution in [3.05, 3.63) is 35.9 Å². The fourth-order valence-corrected chi connectivity index (χ4v) is 5.42. The highest BCUT2D eigenvalue weighted by molar-refractivity contribution is 6.76. The number of alkyl halides is 2. The average molecular weight is 542 g/mol. The van der Waals surface area contributed by atoms with Crippen LogP contribution in [0.1, 0.15) is 17.8 Å². The fraction of sp³-hybridized carbons (Fsp3) is 0.440. The van der Waals surface area contributed by atoms with E-state index < -0.39 is 26.3 Å². The maximum absolute atomic E-state index is 14.5. The Hall–Kier alpha value is -3.60. The number of aryl methyl sites for hydroxylation is 1. The molecule has 5 rings (SSSR count). The summed E-state index contributed by atoms with van der Waals surface area (Å²) in [7, 11) is 0.316. The molecule has 1 atom stereocenters. The monoisotopic (exact) mass is 541 g/mol. The number of hydrogen-bond acceptors (Lipinski definition) is 7. The van der Waals surface area contributed by atoms with Crippen LogP contribution in [0.25, 0.3) is 33.4 Å². The van der Waals surface area contributed by atoms with Crippen LogP contribution in [-0.4, -0.2) is 61.6 Å². The van der Waals surface area contributed by atoms with E-state index in [2.05, 4.69) is 40.9 Å². The van der Waals surface area contributed by atoms with Gasteiger partial charge in [-0.2, -0.15) is 15.5 Å². The van der Waals surface area contributed by atoms with Crippen LogP contribution in [0.5, 0.6) is 5.88 Å². The second-order valence-electron chi connectivity index (χ2n) is 10.6. The molecule has 200 valence electrons. The lowest BCUT2D eigenvalue weighted by Gasteiger charge is -2.21. The molecular formula is C25H29F2N7O3Si. The van der Waals surface area contributed by atoms with Crippen molar-refractivity contribution in [3.8, 4) is 34.3 Å². The highest BCUT2D eigenvalue weighted by atomic mass is 28.3. The molecule has 38 heavy (non-hydrogen) atoms. The number of halogens is 2. The van der Waals surface area contributed by atoms with Gasteiger partial charge in [0, 0.05) is 50.6 Å². The molecule has 0 fully saturated rings. The number of ether oxygens (including phenoxy) is 2. The van der Waals surface area contributed by atoms with Crippen molar-refractivity contribution in [3.63, 3.8) is 0 Å². The van der Waals surface area contributed by atoms with Crippen LogP contribution in [0, 0.1) is 11.3 Å². The highest BCUT2D eigenvalue weighted by Gasteiger charge is 2.36. The number of aliphatic hydroxyl groups is 1. The Balaban J connectivity index is 1.80. The van der Waals surface area contributed by atoms with Crippen LogP contribution in [0.4, 0.5) is 8.78 Å². The summed E-state index contributed by atoms with van der Waals surface area (Å²) < 4.78 is 45.4. The van der Waals surface area contributed by atoms with Gasteiger partial charge in [-0.05, 0) is 18.2 Å². The summed E-state index contributed by atoms with van der Waals surface area (Å²) in [5.74, 6) is 0.125. The lowest BCUT2D eigenvalue weighted by Crippen LogP contribution is -2.30. The molecule has 0 radical (unpaired) electrons. The molecule has 0 saturated heterocycles. The number of fused-ring (bicyclic) bond motifs is 2. The van der Waals surface area contributed by atoms with Crippen LogP contribution >= 0.6 is 0 Å². The van der Waals surface area contributed by atoms with Crippen molar-refractivity contribution in [2.24, 2.45) is 7.05 Å². The van der Waals surface area contributed by atoms with Gasteiger partial charge in [-0.25, -0.2) is 18.4 Å². The maximum atomic E-state index is 14.5. The maximum Gasteiger partial charge on any atom is 0.282 e. The van der Waals surface area contributed by atoms with Gasteiger partial charge in [0.2, 0.25) is 5.88 Å². The van der Waals surface area contributed by atoms with E-state index >= 15 is 0 Å². The molecule has 0 aromatic carbocycles. The van der Waals surface area contributed by atoms with Gasteiger partial charge >= 0.3 is 0 Å². The zero-order valence-corrected chi connectivity index (χ0v) is 22.6. The first-order valence-corrected chi connectivity index (χ1v) is 16.0. The summed E-state index contributed by atoms with van der Waals surface area (Å²) in [6.07, 6.45) is -0.491. The van der Waals surface area contributed by atoms with Crippen LogP contribution in [0.2, 0.25) is 25.7 Å². The topological polar surface area (TPSA) is 116 Å². The summed E-state index contributed by atoms with van der Waals surface area (Å²) >= 11 is 0. The number of nitrogens with zero attached hydrogens (tertiary/aromatic N) is 7. The Morgan fingerprint density at radius 1 is 1.29 bits per heavy atom. The molecule has 0 aliphatic carbocycles. The van der Waals surface area contributed by atoms with E-state index in [1.807, 2.05) is 6.07 Å². The molecule has 5 heterocycles. The van der Waals surface area contributed by atoms with Crippen LogP contribution in [-0.2, 0) is 25.1 Å². The Bertz CT molecular complexity index is 1530. The van der Waals surface area contributed by atoms with Crippen molar-refractivity contribution in [2.45, 2.75) is 51.5 Å². The van der Waals surface area contributed by atoms with E-state index in [0.29, 0.717) is 34.5 Å². The van der Waals surface area contributed by atoms with Gasteiger partial charge in [0.15, 0.2) is 5.69 Å². The molecule has 0 saturated carbocycles. The molecule has 0 unspecified atom stereocenters. The summed E-state index contributed by atoms with van der Waals surface area (Å²) in [5.41, 5.74) is 1.59. The number of rotatable bonds is 8. The Kier molecular flexibility index (Phi) is 6.80. The number of hydrogen-bond donors (Lipinski definition) is 1. The minimum Gasteiger partial charge on any atom is -0.475 e. The van der Waals surface area contributed by atoms with Crippen LogP contribution in [0.3, 0.4) is 0 Å². The van der Waals surface area contributed by atoms with Crippen molar-refractivity contribution in [2.75, 3.05) is 13.2 Å². The first-order chi connectivity index (χ1) is 18.1. The smallest absolute Gasteiger partial charge is 0.282 e. The number of aliphatic hydroxyl groups excluding tert-OH is 1. The first kappa shape index (κ1) is 26.0.